The first-order chi connectivity index (χ1) is 5.16. The van der Waals surface area contributed by atoms with Gasteiger partial charge >= 0.3 is 18.1 Å². The summed E-state index contributed by atoms with van der Waals surface area (Å²) in [5, 5.41) is 0. The summed E-state index contributed by atoms with van der Waals surface area (Å²) in [5.74, 6) is -3.45. The van der Waals surface area contributed by atoms with Gasteiger partial charge in [0.1, 0.15) is 6.42 Å². The molecule has 0 radical (unpaired) electrons. The van der Waals surface area contributed by atoms with Gasteiger partial charge in [0.15, 0.2) is 0 Å². The lowest BCUT2D eigenvalue weighted by Gasteiger charge is -2.12. The van der Waals surface area contributed by atoms with Gasteiger partial charge in [-0.05, 0) is 0 Å². The maximum atomic E-state index is 11.7. The maximum absolute atomic E-state index is 11.7. The highest BCUT2D eigenvalue weighted by Gasteiger charge is 2.73. The highest BCUT2D eigenvalue weighted by atomic mass is 19.4. The van der Waals surface area contributed by atoms with Gasteiger partial charge in [0, 0.05) is 0 Å². The third-order valence-electron chi connectivity index (χ3n) is 1.15. The quantitative estimate of drug-likeness (QED) is 0.364. The van der Waals surface area contributed by atoms with Crippen molar-refractivity contribution < 1.29 is 36.1 Å². The van der Waals surface area contributed by atoms with Gasteiger partial charge in [0.2, 0.25) is 0 Å². The Balaban J connectivity index is 2.63. The van der Waals surface area contributed by atoms with Gasteiger partial charge in [0.05, 0.1) is 0 Å². The van der Waals surface area contributed by atoms with Crippen LogP contribution in [0.1, 0.15) is 6.42 Å². The highest BCUT2D eigenvalue weighted by molar-refractivity contribution is 4.85. The first kappa shape index (κ1) is 9.59. The minimum atomic E-state index is -5.15. The molecular weight excluding hydrogens is 194 g/mol. The molecule has 0 aromatic heterocycles. The Hall–Kier alpha value is -0.500. The van der Waals surface area contributed by atoms with Crippen LogP contribution in [0.4, 0.5) is 26.3 Å². The second-order valence-corrected chi connectivity index (χ2v) is 2.21. The molecule has 0 atom stereocenters. The van der Waals surface area contributed by atoms with Crippen molar-refractivity contribution in [2.75, 3.05) is 0 Å². The minimum absolute atomic E-state index is 2.18. The summed E-state index contributed by atoms with van der Waals surface area (Å²) in [6.07, 6.45) is -12.3. The Labute approximate surface area is 62.0 Å². The lowest BCUT2D eigenvalue weighted by molar-refractivity contribution is -0.233. The van der Waals surface area contributed by atoms with E-state index in [9.17, 15) is 26.3 Å². The van der Waals surface area contributed by atoms with Crippen molar-refractivity contribution in [1.29, 1.82) is 0 Å². The van der Waals surface area contributed by atoms with Crippen LogP contribution in [-0.4, -0.2) is 18.1 Å². The van der Waals surface area contributed by atoms with Crippen molar-refractivity contribution in [3.8, 4) is 0 Å². The monoisotopic (exact) mass is 196 g/mol. The molecule has 0 amide bonds. The molecule has 0 N–H and O–H groups in total. The molecule has 1 fully saturated rings. The van der Waals surface area contributed by atoms with Gasteiger partial charge < -0.3 is 0 Å². The van der Waals surface area contributed by atoms with Gasteiger partial charge in [-0.2, -0.15) is 36.1 Å². The van der Waals surface area contributed by atoms with Crippen LogP contribution in [0.5, 0.6) is 0 Å². The van der Waals surface area contributed by atoms with Crippen molar-refractivity contribution in [1.82, 2.24) is 0 Å². The SMILES string of the molecule is FC(F)(F)CC1(C(F)(F)F)OO1. The molecule has 12 heavy (non-hydrogen) atoms. The number of hydrogen-bond acceptors (Lipinski definition) is 2. The molecule has 1 saturated heterocycles. The second-order valence-electron chi connectivity index (χ2n) is 2.21. The van der Waals surface area contributed by atoms with Crippen molar-refractivity contribution in [3.63, 3.8) is 0 Å². The number of rotatable bonds is 1. The maximum Gasteiger partial charge on any atom is 0.449 e. The summed E-state index contributed by atoms with van der Waals surface area (Å²) < 4.78 is 69.4. The Morgan fingerprint density at radius 3 is 1.42 bits per heavy atom. The van der Waals surface area contributed by atoms with Crippen LogP contribution in [0.3, 0.4) is 0 Å². The van der Waals surface area contributed by atoms with Gasteiger partial charge in [-0.15, -0.1) is 0 Å². The van der Waals surface area contributed by atoms with E-state index >= 15 is 0 Å². The smallest absolute Gasteiger partial charge is 0.184 e. The largest absolute Gasteiger partial charge is 0.449 e. The minimum Gasteiger partial charge on any atom is -0.184 e. The van der Waals surface area contributed by atoms with Crippen molar-refractivity contribution in [3.05, 3.63) is 0 Å². The van der Waals surface area contributed by atoms with Gasteiger partial charge in [-0.3, -0.25) is 0 Å². The lowest BCUT2D eigenvalue weighted by Crippen LogP contribution is -2.36. The van der Waals surface area contributed by atoms with Crippen LogP contribution in [-0.2, 0) is 9.78 Å². The molecule has 1 aliphatic heterocycles. The summed E-state index contributed by atoms with van der Waals surface area (Å²) in [5.41, 5.74) is 0. The molecule has 1 aliphatic rings. The molecule has 0 aromatic carbocycles. The number of hydrogen-bond donors (Lipinski definition) is 0. The molecule has 0 aliphatic carbocycles. The van der Waals surface area contributed by atoms with Gasteiger partial charge in [-0.25, -0.2) is 0 Å². The van der Waals surface area contributed by atoms with E-state index < -0.39 is 24.6 Å². The van der Waals surface area contributed by atoms with Crippen LogP contribution >= 0.6 is 0 Å². The van der Waals surface area contributed by atoms with Crippen LogP contribution in [0.25, 0.3) is 0 Å². The van der Waals surface area contributed by atoms with Crippen molar-refractivity contribution in [2.45, 2.75) is 24.6 Å². The average molecular weight is 196 g/mol. The van der Waals surface area contributed by atoms with Gasteiger partial charge in [-0.1, -0.05) is 0 Å². The summed E-state index contributed by atoms with van der Waals surface area (Å²) in [6, 6.07) is 0. The highest BCUT2D eigenvalue weighted by Crippen LogP contribution is 2.51. The summed E-state index contributed by atoms with van der Waals surface area (Å²) >= 11 is 0. The zero-order chi connectivity index (χ0) is 9.62. The average Bonchev–Trinajstić information content (AvgIpc) is 2.39. The van der Waals surface area contributed by atoms with Crippen LogP contribution in [0, 0.1) is 0 Å². The van der Waals surface area contributed by atoms with E-state index in [0.29, 0.717) is 0 Å². The van der Waals surface area contributed by atoms with E-state index in [2.05, 4.69) is 9.78 Å². The molecule has 1 rings (SSSR count). The fraction of sp³-hybridized carbons (Fsp3) is 1.00. The number of halogens is 6. The third-order valence-corrected chi connectivity index (χ3v) is 1.15. The van der Waals surface area contributed by atoms with Crippen LogP contribution < -0.4 is 0 Å². The van der Waals surface area contributed by atoms with Crippen molar-refractivity contribution in [2.24, 2.45) is 0 Å². The van der Waals surface area contributed by atoms with E-state index in [4.69, 9.17) is 0 Å². The zero-order valence-corrected chi connectivity index (χ0v) is 5.29. The van der Waals surface area contributed by atoms with E-state index in [-0.39, 0.29) is 0 Å². The molecule has 0 saturated carbocycles. The third kappa shape index (κ3) is 1.81. The van der Waals surface area contributed by atoms with Crippen LogP contribution in [0.2, 0.25) is 0 Å². The first-order valence-corrected chi connectivity index (χ1v) is 2.67. The zero-order valence-electron chi connectivity index (χ0n) is 5.29. The van der Waals surface area contributed by atoms with Gasteiger partial charge in [0.25, 0.3) is 0 Å². The van der Waals surface area contributed by atoms with E-state index in [1.54, 1.807) is 0 Å². The summed E-state index contributed by atoms with van der Waals surface area (Å²) in [6.45, 7) is 0. The normalized spacial score (nSPS) is 22.5. The molecular formula is C4H2F6O2. The summed E-state index contributed by atoms with van der Waals surface area (Å²) in [4.78, 5) is 6.58. The standard InChI is InChI=1S/C4H2F6O2/c5-3(6,7)1-2(11-12-2)4(8,9)10/h1H2. The lowest BCUT2D eigenvalue weighted by atomic mass is 10.2. The van der Waals surface area contributed by atoms with E-state index in [1.165, 1.54) is 0 Å². The molecule has 0 unspecified atom stereocenters. The topological polar surface area (TPSA) is 25.1 Å². The molecule has 0 spiro atoms. The molecule has 72 valence electrons. The molecule has 0 aromatic rings. The molecule has 2 nitrogen and oxygen atoms in total. The fourth-order valence-corrected chi connectivity index (χ4v) is 0.568. The van der Waals surface area contributed by atoms with E-state index in [1.807, 2.05) is 0 Å². The first-order valence-electron chi connectivity index (χ1n) is 2.67. The molecule has 8 heteroatoms. The van der Waals surface area contributed by atoms with Crippen molar-refractivity contribution >= 4 is 0 Å². The Morgan fingerprint density at radius 2 is 1.33 bits per heavy atom. The predicted octanol–water partition coefficient (Wildman–Crippen LogP) is 2.16. The fourth-order valence-electron chi connectivity index (χ4n) is 0.568. The predicted molar refractivity (Wildman–Crippen MR) is 21.6 cm³/mol. The Bertz CT molecular complexity index is 177. The summed E-state index contributed by atoms with van der Waals surface area (Å²) in [7, 11) is 0. The number of alkyl halides is 6. The molecule has 1 heterocycles. The Morgan fingerprint density at radius 1 is 0.917 bits per heavy atom. The Kier molecular flexibility index (Phi) is 1.80. The second kappa shape index (κ2) is 2.25. The van der Waals surface area contributed by atoms with E-state index in [0.717, 1.165) is 0 Å². The molecule has 0 bridgehead atoms. The van der Waals surface area contributed by atoms with Crippen LogP contribution in [0.15, 0.2) is 0 Å².